The predicted octanol–water partition coefficient (Wildman–Crippen LogP) is 2.95. The predicted molar refractivity (Wildman–Crippen MR) is 71.2 cm³/mol. The first-order valence-corrected chi connectivity index (χ1v) is 6.83. The average molecular weight is 251 g/mol. The Morgan fingerprint density at radius 3 is 2.94 bits per heavy atom. The molecule has 1 aliphatic carbocycles. The lowest BCUT2D eigenvalue weighted by Gasteiger charge is -2.18. The van der Waals surface area contributed by atoms with Gasteiger partial charge in [-0.1, -0.05) is 19.1 Å². The molecule has 0 aromatic heterocycles. The van der Waals surface area contributed by atoms with E-state index in [2.05, 4.69) is 12.2 Å². The zero-order chi connectivity index (χ0) is 12.8. The maximum atomic E-state index is 13.2. The monoisotopic (exact) mass is 251 g/mol. The summed E-state index contributed by atoms with van der Waals surface area (Å²) in [5.41, 5.74) is 1.02. The van der Waals surface area contributed by atoms with Gasteiger partial charge in [-0.2, -0.15) is 0 Å². The fourth-order valence-corrected chi connectivity index (χ4v) is 2.01. The van der Waals surface area contributed by atoms with Gasteiger partial charge >= 0.3 is 0 Å². The van der Waals surface area contributed by atoms with Gasteiger partial charge < -0.3 is 10.1 Å². The van der Waals surface area contributed by atoms with Crippen molar-refractivity contribution in [2.45, 2.75) is 25.7 Å². The summed E-state index contributed by atoms with van der Waals surface area (Å²) in [5.74, 6) is 0.841. The first-order valence-electron chi connectivity index (χ1n) is 6.83. The van der Waals surface area contributed by atoms with Crippen LogP contribution in [0.1, 0.15) is 31.2 Å². The van der Waals surface area contributed by atoms with Crippen LogP contribution in [0.25, 0.3) is 0 Å². The molecule has 3 heteroatoms. The second kappa shape index (κ2) is 6.86. The Morgan fingerprint density at radius 1 is 1.44 bits per heavy atom. The van der Waals surface area contributed by atoms with Crippen LogP contribution in [0.5, 0.6) is 0 Å². The molecule has 18 heavy (non-hydrogen) atoms. The fourth-order valence-electron chi connectivity index (χ4n) is 2.01. The van der Waals surface area contributed by atoms with Gasteiger partial charge in [0.15, 0.2) is 0 Å². The second-order valence-electron chi connectivity index (χ2n) is 5.04. The van der Waals surface area contributed by atoms with Gasteiger partial charge in [0.05, 0.1) is 6.61 Å². The smallest absolute Gasteiger partial charge is 0.123 e. The van der Waals surface area contributed by atoms with Gasteiger partial charge in [-0.25, -0.2) is 4.39 Å². The lowest BCUT2D eigenvalue weighted by atomic mass is 10.00. The van der Waals surface area contributed by atoms with Crippen molar-refractivity contribution < 1.29 is 9.13 Å². The van der Waals surface area contributed by atoms with E-state index in [-0.39, 0.29) is 11.7 Å². The van der Waals surface area contributed by atoms with E-state index in [0.29, 0.717) is 6.61 Å². The van der Waals surface area contributed by atoms with Crippen LogP contribution in [0.4, 0.5) is 4.39 Å². The molecular formula is C15H22FNO. The van der Waals surface area contributed by atoms with Crippen molar-refractivity contribution in [1.82, 2.24) is 5.32 Å². The number of rotatable bonds is 8. The Balaban J connectivity index is 1.89. The van der Waals surface area contributed by atoms with E-state index in [4.69, 9.17) is 4.74 Å². The van der Waals surface area contributed by atoms with Crippen molar-refractivity contribution in [3.05, 3.63) is 35.6 Å². The molecule has 0 amide bonds. The summed E-state index contributed by atoms with van der Waals surface area (Å²) in [5, 5.41) is 3.32. The minimum Gasteiger partial charge on any atom is -0.380 e. The number of likely N-dealkylation sites (N-methyl/N-ethyl adjacent to an activating group) is 1. The molecule has 2 nitrogen and oxygen atoms in total. The zero-order valence-electron chi connectivity index (χ0n) is 11.0. The molecule has 1 aromatic carbocycles. The summed E-state index contributed by atoms with van der Waals surface area (Å²) in [6.45, 7) is 5.37. The molecule has 0 saturated heterocycles. The van der Waals surface area contributed by atoms with Crippen LogP contribution in [0.3, 0.4) is 0 Å². The molecule has 0 bridgehead atoms. The summed E-state index contributed by atoms with van der Waals surface area (Å²) in [7, 11) is 0. The van der Waals surface area contributed by atoms with Gasteiger partial charge in [0, 0.05) is 19.1 Å². The molecule has 0 radical (unpaired) electrons. The first kappa shape index (κ1) is 13.5. The third-order valence-electron chi connectivity index (χ3n) is 3.33. The molecule has 0 aliphatic heterocycles. The van der Waals surface area contributed by atoms with E-state index in [9.17, 15) is 4.39 Å². The van der Waals surface area contributed by atoms with Crippen LogP contribution in [-0.4, -0.2) is 26.3 Å². The van der Waals surface area contributed by atoms with Gasteiger partial charge in [-0.3, -0.25) is 0 Å². The molecule has 100 valence electrons. The van der Waals surface area contributed by atoms with Crippen LogP contribution < -0.4 is 5.32 Å². The molecule has 1 atom stereocenters. The lowest BCUT2D eigenvalue weighted by molar-refractivity contribution is 0.110. The first-order chi connectivity index (χ1) is 8.79. The quantitative estimate of drug-likeness (QED) is 0.767. The van der Waals surface area contributed by atoms with Crippen molar-refractivity contribution in [2.75, 3.05) is 26.3 Å². The summed E-state index contributed by atoms with van der Waals surface area (Å²) in [6.07, 6.45) is 2.61. The van der Waals surface area contributed by atoms with Crippen molar-refractivity contribution in [1.29, 1.82) is 0 Å². The van der Waals surface area contributed by atoms with Gasteiger partial charge in [0.1, 0.15) is 5.82 Å². The third kappa shape index (κ3) is 4.39. The normalized spacial score (nSPS) is 16.8. The van der Waals surface area contributed by atoms with E-state index < -0.39 is 0 Å². The summed E-state index contributed by atoms with van der Waals surface area (Å²) in [6, 6.07) is 6.84. The minimum absolute atomic E-state index is 0.170. The highest BCUT2D eigenvalue weighted by atomic mass is 19.1. The highest BCUT2D eigenvalue weighted by Gasteiger charge is 2.22. The number of hydrogen-bond acceptors (Lipinski definition) is 2. The Morgan fingerprint density at radius 2 is 2.28 bits per heavy atom. The largest absolute Gasteiger partial charge is 0.380 e. The zero-order valence-corrected chi connectivity index (χ0v) is 11.0. The van der Waals surface area contributed by atoms with Crippen LogP contribution in [0.2, 0.25) is 0 Å². The highest BCUT2D eigenvalue weighted by Crippen LogP contribution is 2.29. The Bertz CT molecular complexity index is 365. The summed E-state index contributed by atoms with van der Waals surface area (Å²) >= 11 is 0. The van der Waals surface area contributed by atoms with Crippen molar-refractivity contribution in [3.8, 4) is 0 Å². The Kier molecular flexibility index (Phi) is 5.14. The van der Waals surface area contributed by atoms with Gasteiger partial charge in [-0.05, 0) is 43.0 Å². The van der Waals surface area contributed by atoms with E-state index in [1.807, 2.05) is 6.07 Å². The van der Waals surface area contributed by atoms with Crippen molar-refractivity contribution in [3.63, 3.8) is 0 Å². The summed E-state index contributed by atoms with van der Waals surface area (Å²) in [4.78, 5) is 0. The molecule has 1 fully saturated rings. The maximum Gasteiger partial charge on any atom is 0.123 e. The molecule has 1 saturated carbocycles. The van der Waals surface area contributed by atoms with Gasteiger partial charge in [0.2, 0.25) is 0 Å². The van der Waals surface area contributed by atoms with Gasteiger partial charge in [0.25, 0.3) is 0 Å². The Labute approximate surface area is 109 Å². The molecule has 1 aliphatic rings. The standard InChI is InChI=1S/C15H22FNO/c1-2-17-9-14(11-18-10-12-6-7-12)13-4-3-5-15(16)8-13/h3-5,8,12,14,17H,2,6-7,9-11H2,1H3. The molecule has 1 N–H and O–H groups in total. The van der Waals surface area contributed by atoms with E-state index in [1.54, 1.807) is 12.1 Å². The number of halogens is 1. The number of nitrogens with one attached hydrogen (secondary N) is 1. The van der Waals surface area contributed by atoms with Gasteiger partial charge in [-0.15, -0.1) is 0 Å². The molecule has 1 unspecified atom stereocenters. The molecular weight excluding hydrogens is 229 g/mol. The minimum atomic E-state index is -0.170. The second-order valence-corrected chi connectivity index (χ2v) is 5.04. The Hall–Kier alpha value is -0.930. The van der Waals surface area contributed by atoms with E-state index >= 15 is 0 Å². The van der Waals surface area contributed by atoms with Crippen LogP contribution in [0.15, 0.2) is 24.3 Å². The van der Waals surface area contributed by atoms with E-state index in [1.165, 1.54) is 18.9 Å². The van der Waals surface area contributed by atoms with Crippen LogP contribution >= 0.6 is 0 Å². The third-order valence-corrected chi connectivity index (χ3v) is 3.33. The fraction of sp³-hybridized carbons (Fsp3) is 0.600. The van der Waals surface area contributed by atoms with Crippen LogP contribution in [0, 0.1) is 11.7 Å². The highest BCUT2D eigenvalue weighted by molar-refractivity contribution is 5.21. The van der Waals surface area contributed by atoms with Crippen molar-refractivity contribution in [2.24, 2.45) is 5.92 Å². The molecule has 0 spiro atoms. The lowest BCUT2D eigenvalue weighted by Crippen LogP contribution is -2.24. The van der Waals surface area contributed by atoms with Crippen molar-refractivity contribution >= 4 is 0 Å². The van der Waals surface area contributed by atoms with E-state index in [0.717, 1.165) is 31.2 Å². The SMILES string of the molecule is CCNCC(COCC1CC1)c1cccc(F)c1. The molecule has 1 aromatic rings. The molecule has 0 heterocycles. The van der Waals surface area contributed by atoms with Crippen LogP contribution in [-0.2, 0) is 4.74 Å². The number of benzene rings is 1. The maximum absolute atomic E-state index is 13.2. The summed E-state index contributed by atoms with van der Waals surface area (Å²) < 4.78 is 19.0. The number of ether oxygens (including phenoxy) is 1. The average Bonchev–Trinajstić information content (AvgIpc) is 3.17. The number of hydrogen-bond donors (Lipinski definition) is 1. The topological polar surface area (TPSA) is 21.3 Å². The molecule has 2 rings (SSSR count).